The van der Waals surface area contributed by atoms with Gasteiger partial charge >= 0.3 is 0 Å². The highest BCUT2D eigenvalue weighted by Gasteiger charge is 2.50. The lowest BCUT2D eigenvalue weighted by molar-refractivity contribution is 0.000749. The first-order valence-corrected chi connectivity index (χ1v) is 14.0. The van der Waals surface area contributed by atoms with E-state index in [-0.39, 0.29) is 17.4 Å². The highest BCUT2D eigenvalue weighted by molar-refractivity contribution is 6.13. The first kappa shape index (κ1) is 25.7. The van der Waals surface area contributed by atoms with Crippen LogP contribution in [0, 0.1) is 29.1 Å². The van der Waals surface area contributed by atoms with E-state index < -0.39 is 0 Å². The van der Waals surface area contributed by atoms with E-state index in [1.54, 1.807) is 0 Å². The van der Waals surface area contributed by atoms with Crippen LogP contribution in [0.25, 0.3) is 6.08 Å². The van der Waals surface area contributed by atoms with E-state index in [4.69, 9.17) is 4.99 Å². The summed E-state index contributed by atoms with van der Waals surface area (Å²) in [7, 11) is 0. The topological polar surface area (TPSA) is 32.6 Å². The van der Waals surface area contributed by atoms with Crippen LogP contribution in [-0.2, 0) is 0 Å². The first-order chi connectivity index (χ1) is 17.1. The zero-order valence-electron chi connectivity index (χ0n) is 21.9. The van der Waals surface area contributed by atoms with Crippen molar-refractivity contribution in [2.24, 2.45) is 22.2 Å². The molecule has 0 heterocycles. The van der Waals surface area contributed by atoms with E-state index in [1.165, 1.54) is 48.8 Å². The third kappa shape index (κ3) is 5.73. The quantitative estimate of drug-likeness (QED) is 0.256. The number of hydrogen-bond donors (Lipinski definition) is 1. The molecule has 0 aromatic heterocycles. The summed E-state index contributed by atoms with van der Waals surface area (Å²) in [4.78, 5) is 5.06. The maximum absolute atomic E-state index is 11.3. The van der Waals surface area contributed by atoms with Crippen molar-refractivity contribution in [3.8, 4) is 11.8 Å². The van der Waals surface area contributed by atoms with Crippen LogP contribution in [0.3, 0.4) is 0 Å². The lowest BCUT2D eigenvalue weighted by Gasteiger charge is -2.51. The molecule has 0 spiro atoms. The van der Waals surface area contributed by atoms with E-state index in [1.807, 2.05) is 6.08 Å². The van der Waals surface area contributed by atoms with Gasteiger partial charge in [-0.05, 0) is 86.3 Å². The summed E-state index contributed by atoms with van der Waals surface area (Å²) < 4.78 is 0. The molecule has 1 N–H and O–H groups in total. The summed E-state index contributed by atoms with van der Waals surface area (Å²) in [6, 6.07) is 8.64. The minimum Gasteiger partial charge on any atom is -0.392 e. The van der Waals surface area contributed by atoms with Crippen LogP contribution in [0.5, 0.6) is 0 Å². The number of allylic oxidation sites excluding steroid dienone is 3. The van der Waals surface area contributed by atoms with Crippen molar-refractivity contribution in [2.45, 2.75) is 90.6 Å². The van der Waals surface area contributed by atoms with E-state index in [0.717, 1.165) is 56.3 Å². The number of unbranched alkanes of at least 4 members (excludes halogenated alkanes) is 1. The molecule has 2 saturated carbocycles. The molecule has 2 nitrogen and oxygen atoms in total. The number of rotatable bonds is 6. The zero-order chi connectivity index (χ0) is 24.7. The fourth-order valence-corrected chi connectivity index (χ4v) is 6.41. The van der Waals surface area contributed by atoms with E-state index >= 15 is 0 Å². The van der Waals surface area contributed by atoms with Gasteiger partial charge < -0.3 is 5.11 Å². The van der Waals surface area contributed by atoms with Crippen LogP contribution in [0.15, 0.2) is 59.1 Å². The smallest absolute Gasteiger partial charge is 0.0642 e. The molecule has 1 aromatic carbocycles. The standard InChI is InChI=1S/C33H43NO/c1-4-6-21-34-31-24-29-16-11-17-32(35)33(29,20-5-2)25(3)30(31)23-28-15-10-14-27(22-28)19-18-26-12-8-7-9-13-26/h5,10,14-15,22-26,32,35H,2,4,6-9,11-13,16-17,20-21H2,1,3H3/t25-,32-,33-/m0/s1. The summed E-state index contributed by atoms with van der Waals surface area (Å²) in [5.41, 5.74) is 5.70. The van der Waals surface area contributed by atoms with Crippen molar-refractivity contribution in [1.82, 2.24) is 0 Å². The largest absolute Gasteiger partial charge is 0.392 e. The monoisotopic (exact) mass is 469 g/mol. The van der Waals surface area contributed by atoms with Crippen LogP contribution in [0.4, 0.5) is 0 Å². The van der Waals surface area contributed by atoms with Gasteiger partial charge in [-0.25, -0.2) is 0 Å². The molecule has 0 bridgehead atoms. The Kier molecular flexibility index (Phi) is 8.85. The number of hydrogen-bond acceptors (Lipinski definition) is 2. The Hall–Kier alpha value is -2.37. The van der Waals surface area contributed by atoms with Crippen LogP contribution < -0.4 is 0 Å². The minimum atomic E-state index is -0.344. The molecule has 4 rings (SSSR count). The zero-order valence-corrected chi connectivity index (χ0v) is 21.9. The normalized spacial score (nSPS) is 29.3. The molecule has 2 heteroatoms. The van der Waals surface area contributed by atoms with Gasteiger partial charge in [0, 0.05) is 23.4 Å². The molecular formula is C33H43NO. The lowest BCUT2D eigenvalue weighted by atomic mass is 9.55. The number of fused-ring (bicyclic) bond motifs is 1. The minimum absolute atomic E-state index is 0.174. The maximum atomic E-state index is 11.3. The summed E-state index contributed by atoms with van der Waals surface area (Å²) in [6.45, 7) is 9.42. The van der Waals surface area contributed by atoms with E-state index in [2.05, 4.69) is 68.7 Å². The lowest BCUT2D eigenvalue weighted by Crippen LogP contribution is -2.48. The molecule has 0 unspecified atom stereocenters. The van der Waals surface area contributed by atoms with Gasteiger partial charge in [0.15, 0.2) is 0 Å². The van der Waals surface area contributed by atoms with Crippen LogP contribution in [-0.4, -0.2) is 23.5 Å². The Morgan fingerprint density at radius 3 is 2.77 bits per heavy atom. The molecular weight excluding hydrogens is 426 g/mol. The van der Waals surface area contributed by atoms with Gasteiger partial charge in [0.1, 0.15) is 0 Å². The second-order valence-electron chi connectivity index (χ2n) is 10.8. The van der Waals surface area contributed by atoms with Gasteiger partial charge in [0.2, 0.25) is 0 Å². The summed E-state index contributed by atoms with van der Waals surface area (Å²) in [5, 5.41) is 11.3. The number of nitrogens with zero attached hydrogens (tertiary/aromatic N) is 1. The number of aliphatic hydroxyl groups is 1. The molecule has 0 aliphatic heterocycles. The molecule has 186 valence electrons. The Labute approximate surface area is 213 Å². The Morgan fingerprint density at radius 2 is 2.00 bits per heavy atom. The summed E-state index contributed by atoms with van der Waals surface area (Å²) in [6.07, 6.45) is 18.7. The van der Waals surface area contributed by atoms with Crippen molar-refractivity contribution in [3.05, 3.63) is 65.3 Å². The van der Waals surface area contributed by atoms with Crippen molar-refractivity contribution >= 4 is 11.8 Å². The average Bonchev–Trinajstić information content (AvgIpc) is 2.87. The van der Waals surface area contributed by atoms with Gasteiger partial charge in [-0.2, -0.15) is 0 Å². The Balaban J connectivity index is 1.72. The van der Waals surface area contributed by atoms with Gasteiger partial charge in [0.05, 0.1) is 11.8 Å². The van der Waals surface area contributed by atoms with Crippen LogP contribution in [0.2, 0.25) is 0 Å². The van der Waals surface area contributed by atoms with E-state index in [9.17, 15) is 5.11 Å². The van der Waals surface area contributed by atoms with E-state index in [0.29, 0.717) is 5.92 Å². The van der Waals surface area contributed by atoms with Crippen molar-refractivity contribution in [1.29, 1.82) is 0 Å². The van der Waals surface area contributed by atoms with Gasteiger partial charge in [-0.3, -0.25) is 4.99 Å². The second-order valence-corrected chi connectivity index (χ2v) is 10.8. The molecule has 3 aliphatic carbocycles. The number of benzene rings is 1. The average molecular weight is 470 g/mol. The van der Waals surface area contributed by atoms with Crippen molar-refractivity contribution < 1.29 is 5.11 Å². The molecule has 1 aromatic rings. The third-order valence-corrected chi connectivity index (χ3v) is 8.47. The van der Waals surface area contributed by atoms with Gasteiger partial charge in [0.25, 0.3) is 0 Å². The molecule has 3 atom stereocenters. The van der Waals surface area contributed by atoms with Gasteiger partial charge in [-0.15, -0.1) is 6.58 Å². The second kappa shape index (κ2) is 12.0. The molecule has 3 aliphatic rings. The predicted octanol–water partition coefficient (Wildman–Crippen LogP) is 7.93. The first-order valence-electron chi connectivity index (χ1n) is 14.0. The molecule has 0 saturated heterocycles. The SMILES string of the molecule is C=CC[C@@]12C(=CC(=NCCCC)C(=Cc3cccc(C#CC4CCCCC4)c3)[C@@H]1C)CCC[C@@H]2O. The number of aliphatic hydroxyl groups excluding tert-OH is 1. The highest BCUT2D eigenvalue weighted by atomic mass is 16.3. The fourth-order valence-electron chi connectivity index (χ4n) is 6.41. The summed E-state index contributed by atoms with van der Waals surface area (Å²) in [5.74, 6) is 7.73. The Morgan fingerprint density at radius 1 is 1.17 bits per heavy atom. The van der Waals surface area contributed by atoms with Crippen molar-refractivity contribution in [2.75, 3.05) is 6.54 Å². The predicted molar refractivity (Wildman–Crippen MR) is 149 cm³/mol. The third-order valence-electron chi connectivity index (χ3n) is 8.47. The highest BCUT2D eigenvalue weighted by Crippen LogP contribution is 2.54. The molecule has 0 radical (unpaired) electrons. The van der Waals surface area contributed by atoms with Crippen molar-refractivity contribution in [3.63, 3.8) is 0 Å². The van der Waals surface area contributed by atoms with Crippen LogP contribution >= 0.6 is 0 Å². The molecule has 2 fully saturated rings. The number of aliphatic imine (C=N–C) groups is 1. The summed E-state index contributed by atoms with van der Waals surface area (Å²) >= 11 is 0. The van der Waals surface area contributed by atoms with Gasteiger partial charge in [-0.1, -0.05) is 75.2 Å². The molecule has 35 heavy (non-hydrogen) atoms. The Bertz CT molecular complexity index is 1040. The maximum Gasteiger partial charge on any atom is 0.0642 e. The molecule has 0 amide bonds. The fraction of sp³-hybridized carbons (Fsp3) is 0.545. The van der Waals surface area contributed by atoms with Crippen LogP contribution in [0.1, 0.15) is 95.6 Å².